The standard InChI is InChI=1S/C10H7ClN4O2/c11-8-2-3-9(14-13-8)15-6-7(5-12-15)1-4-10(16)17/h1-6H,(H,16,17). The Morgan fingerprint density at radius 3 is 2.88 bits per heavy atom. The van der Waals surface area contributed by atoms with Crippen LogP contribution in [0.2, 0.25) is 5.15 Å². The Hall–Kier alpha value is -2.21. The van der Waals surface area contributed by atoms with Crippen molar-refractivity contribution in [2.24, 2.45) is 0 Å². The summed E-state index contributed by atoms with van der Waals surface area (Å²) in [7, 11) is 0. The predicted molar refractivity (Wildman–Crippen MR) is 60.8 cm³/mol. The molecule has 2 aromatic rings. The highest BCUT2D eigenvalue weighted by molar-refractivity contribution is 6.29. The Bertz CT molecular complexity index is 562. The Kier molecular flexibility index (Phi) is 3.15. The third-order valence-electron chi connectivity index (χ3n) is 1.87. The summed E-state index contributed by atoms with van der Waals surface area (Å²) in [4.78, 5) is 10.3. The van der Waals surface area contributed by atoms with Gasteiger partial charge in [-0.25, -0.2) is 9.48 Å². The van der Waals surface area contributed by atoms with Gasteiger partial charge in [-0.3, -0.25) is 0 Å². The lowest BCUT2D eigenvalue weighted by Crippen LogP contribution is -1.98. The molecule has 0 bridgehead atoms. The highest BCUT2D eigenvalue weighted by Gasteiger charge is 2.01. The van der Waals surface area contributed by atoms with Gasteiger partial charge in [-0.05, 0) is 18.2 Å². The Morgan fingerprint density at radius 1 is 1.41 bits per heavy atom. The maximum Gasteiger partial charge on any atom is 0.328 e. The summed E-state index contributed by atoms with van der Waals surface area (Å²) in [5, 5.41) is 20.3. The molecule has 2 aromatic heterocycles. The van der Waals surface area contributed by atoms with Crippen LogP contribution in [0, 0.1) is 0 Å². The minimum atomic E-state index is -1.01. The minimum Gasteiger partial charge on any atom is -0.478 e. The summed E-state index contributed by atoms with van der Waals surface area (Å²) in [5.41, 5.74) is 0.657. The Balaban J connectivity index is 2.23. The van der Waals surface area contributed by atoms with E-state index < -0.39 is 5.97 Å². The second-order valence-corrected chi connectivity index (χ2v) is 3.49. The number of carboxylic acid groups (broad SMARTS) is 1. The van der Waals surface area contributed by atoms with Gasteiger partial charge >= 0.3 is 5.97 Å². The quantitative estimate of drug-likeness (QED) is 0.833. The third kappa shape index (κ3) is 2.88. The van der Waals surface area contributed by atoms with Crippen LogP contribution in [0.15, 0.2) is 30.6 Å². The van der Waals surface area contributed by atoms with Crippen LogP contribution in [0.5, 0.6) is 0 Å². The molecular formula is C10H7ClN4O2. The number of hydrogen-bond acceptors (Lipinski definition) is 4. The highest BCUT2D eigenvalue weighted by Crippen LogP contribution is 2.08. The van der Waals surface area contributed by atoms with Crippen molar-refractivity contribution < 1.29 is 9.90 Å². The third-order valence-corrected chi connectivity index (χ3v) is 2.08. The largest absolute Gasteiger partial charge is 0.478 e. The van der Waals surface area contributed by atoms with Crippen molar-refractivity contribution in [3.05, 3.63) is 41.3 Å². The summed E-state index contributed by atoms with van der Waals surface area (Å²) in [6, 6.07) is 3.26. The molecule has 17 heavy (non-hydrogen) atoms. The van der Waals surface area contributed by atoms with Crippen LogP contribution < -0.4 is 0 Å². The van der Waals surface area contributed by atoms with Gasteiger partial charge in [0.05, 0.1) is 6.20 Å². The first-order valence-electron chi connectivity index (χ1n) is 4.60. The van der Waals surface area contributed by atoms with Gasteiger partial charge in [0, 0.05) is 17.8 Å². The molecule has 0 spiro atoms. The number of aliphatic carboxylic acids is 1. The van der Waals surface area contributed by atoms with E-state index in [-0.39, 0.29) is 0 Å². The fourth-order valence-corrected chi connectivity index (χ4v) is 1.25. The van der Waals surface area contributed by atoms with E-state index in [1.165, 1.54) is 17.0 Å². The Morgan fingerprint density at radius 2 is 2.24 bits per heavy atom. The van der Waals surface area contributed by atoms with E-state index in [4.69, 9.17) is 16.7 Å². The molecule has 0 aliphatic heterocycles. The molecular weight excluding hydrogens is 244 g/mol. The van der Waals surface area contributed by atoms with Gasteiger partial charge in [0.25, 0.3) is 0 Å². The van der Waals surface area contributed by atoms with Crippen molar-refractivity contribution in [3.8, 4) is 5.82 Å². The molecule has 0 aromatic carbocycles. The van der Waals surface area contributed by atoms with E-state index in [0.717, 1.165) is 6.08 Å². The number of carboxylic acids is 1. The van der Waals surface area contributed by atoms with Gasteiger partial charge in [-0.1, -0.05) is 11.6 Å². The average molecular weight is 251 g/mol. The van der Waals surface area contributed by atoms with Gasteiger partial charge in [0.2, 0.25) is 0 Å². The van der Waals surface area contributed by atoms with Crippen molar-refractivity contribution in [1.29, 1.82) is 0 Å². The zero-order valence-electron chi connectivity index (χ0n) is 8.49. The molecule has 0 radical (unpaired) electrons. The molecule has 2 heterocycles. The molecule has 0 aliphatic rings. The van der Waals surface area contributed by atoms with Crippen LogP contribution >= 0.6 is 11.6 Å². The van der Waals surface area contributed by atoms with Crippen molar-refractivity contribution in [3.63, 3.8) is 0 Å². The van der Waals surface area contributed by atoms with Crippen LogP contribution in [0.1, 0.15) is 5.56 Å². The zero-order valence-corrected chi connectivity index (χ0v) is 9.24. The molecule has 0 fully saturated rings. The minimum absolute atomic E-state index is 0.298. The fraction of sp³-hybridized carbons (Fsp3) is 0. The van der Waals surface area contributed by atoms with Gasteiger partial charge in [0.15, 0.2) is 11.0 Å². The maximum atomic E-state index is 10.3. The molecule has 0 atom stereocenters. The zero-order chi connectivity index (χ0) is 12.3. The summed E-state index contributed by atoms with van der Waals surface area (Å²) in [5.74, 6) is -0.506. The topological polar surface area (TPSA) is 80.9 Å². The van der Waals surface area contributed by atoms with Crippen molar-refractivity contribution in [2.45, 2.75) is 0 Å². The van der Waals surface area contributed by atoms with Gasteiger partial charge in [0.1, 0.15) is 0 Å². The molecule has 0 unspecified atom stereocenters. The van der Waals surface area contributed by atoms with Crippen LogP contribution in [-0.4, -0.2) is 31.1 Å². The number of carbonyl (C=O) groups is 1. The fourth-order valence-electron chi connectivity index (χ4n) is 1.15. The molecule has 1 N–H and O–H groups in total. The van der Waals surface area contributed by atoms with E-state index in [1.807, 2.05) is 0 Å². The lowest BCUT2D eigenvalue weighted by Gasteiger charge is -1.97. The van der Waals surface area contributed by atoms with Gasteiger partial charge in [-0.15, -0.1) is 10.2 Å². The maximum absolute atomic E-state index is 10.3. The van der Waals surface area contributed by atoms with Gasteiger partial charge < -0.3 is 5.11 Å². The first-order chi connectivity index (χ1) is 8.15. The number of nitrogens with zero attached hydrogens (tertiary/aromatic N) is 4. The van der Waals surface area contributed by atoms with Crippen LogP contribution in [-0.2, 0) is 4.79 Å². The van der Waals surface area contributed by atoms with E-state index >= 15 is 0 Å². The molecule has 2 rings (SSSR count). The van der Waals surface area contributed by atoms with Crippen molar-refractivity contribution in [2.75, 3.05) is 0 Å². The SMILES string of the molecule is O=C(O)C=Cc1cnn(-c2ccc(Cl)nn2)c1. The Labute approximate surface area is 101 Å². The first kappa shape index (κ1) is 11.3. The number of rotatable bonds is 3. The average Bonchev–Trinajstić information content (AvgIpc) is 2.76. The number of aromatic nitrogens is 4. The predicted octanol–water partition coefficient (Wildman–Crippen LogP) is 1.41. The molecule has 0 saturated heterocycles. The molecule has 0 aliphatic carbocycles. The normalized spacial score (nSPS) is 10.9. The summed E-state index contributed by atoms with van der Waals surface area (Å²) >= 11 is 5.61. The second-order valence-electron chi connectivity index (χ2n) is 3.10. The molecule has 6 nitrogen and oxygen atoms in total. The van der Waals surface area contributed by atoms with E-state index in [9.17, 15) is 4.79 Å². The number of halogens is 1. The van der Waals surface area contributed by atoms with E-state index in [0.29, 0.717) is 16.5 Å². The van der Waals surface area contributed by atoms with Crippen LogP contribution in [0.3, 0.4) is 0 Å². The summed E-state index contributed by atoms with van der Waals surface area (Å²) in [6.07, 6.45) is 5.64. The first-order valence-corrected chi connectivity index (χ1v) is 4.98. The monoisotopic (exact) mass is 250 g/mol. The van der Waals surface area contributed by atoms with E-state index in [2.05, 4.69) is 15.3 Å². The van der Waals surface area contributed by atoms with Crippen molar-refractivity contribution >= 4 is 23.6 Å². The molecule has 86 valence electrons. The lowest BCUT2D eigenvalue weighted by molar-refractivity contribution is -0.131. The summed E-state index contributed by atoms with van der Waals surface area (Å²) in [6.45, 7) is 0. The summed E-state index contributed by atoms with van der Waals surface area (Å²) < 4.78 is 1.48. The molecule has 0 saturated carbocycles. The lowest BCUT2D eigenvalue weighted by atomic mass is 10.3. The highest BCUT2D eigenvalue weighted by atomic mass is 35.5. The second kappa shape index (κ2) is 4.75. The van der Waals surface area contributed by atoms with Crippen LogP contribution in [0.4, 0.5) is 0 Å². The molecule has 7 heteroatoms. The van der Waals surface area contributed by atoms with Crippen LogP contribution in [0.25, 0.3) is 11.9 Å². The smallest absolute Gasteiger partial charge is 0.328 e. The van der Waals surface area contributed by atoms with Gasteiger partial charge in [-0.2, -0.15) is 5.10 Å². The van der Waals surface area contributed by atoms with Crippen molar-refractivity contribution in [1.82, 2.24) is 20.0 Å². The number of hydrogen-bond donors (Lipinski definition) is 1. The van der Waals surface area contributed by atoms with E-state index in [1.54, 1.807) is 18.3 Å². The molecule has 0 amide bonds.